The van der Waals surface area contributed by atoms with E-state index in [1.54, 1.807) is 0 Å². The maximum Gasteiger partial charge on any atom is 0.265 e. The molecular formula is C8H4Cl2FN3O2. The maximum atomic E-state index is 13.6. The van der Waals surface area contributed by atoms with Gasteiger partial charge in [-0.1, -0.05) is 11.6 Å². The number of methoxy groups -OCH3 is 1. The average molecular weight is 264 g/mol. The molecule has 2 rings (SSSR count). The Bertz CT molecular complexity index is 629. The van der Waals surface area contributed by atoms with Gasteiger partial charge in [0.1, 0.15) is 10.9 Å². The molecule has 84 valence electrons. The molecule has 8 heteroatoms. The van der Waals surface area contributed by atoms with Crippen LogP contribution in [0.4, 0.5) is 4.39 Å². The Hall–Kier alpha value is -1.40. The molecule has 2 heterocycles. The lowest BCUT2D eigenvalue weighted by Crippen LogP contribution is -2.11. The van der Waals surface area contributed by atoms with Crippen LogP contribution in [0.1, 0.15) is 0 Å². The van der Waals surface area contributed by atoms with Gasteiger partial charge in [0.2, 0.25) is 11.2 Å². The van der Waals surface area contributed by atoms with Gasteiger partial charge in [-0.3, -0.25) is 9.78 Å². The van der Waals surface area contributed by atoms with Gasteiger partial charge < -0.3 is 4.74 Å². The topological polar surface area (TPSA) is 67.9 Å². The van der Waals surface area contributed by atoms with Crippen molar-refractivity contribution in [2.45, 2.75) is 0 Å². The molecular weight excluding hydrogens is 260 g/mol. The highest BCUT2D eigenvalue weighted by molar-refractivity contribution is 6.30. The highest BCUT2D eigenvalue weighted by atomic mass is 35.5. The molecule has 2 aromatic rings. The van der Waals surface area contributed by atoms with Crippen LogP contribution in [-0.2, 0) is 0 Å². The van der Waals surface area contributed by atoms with Gasteiger partial charge in [0, 0.05) is 0 Å². The molecule has 0 amide bonds. The Labute approximate surface area is 98.2 Å². The van der Waals surface area contributed by atoms with E-state index in [2.05, 4.69) is 15.0 Å². The fourth-order valence-corrected chi connectivity index (χ4v) is 1.58. The van der Waals surface area contributed by atoms with Crippen LogP contribution in [0.15, 0.2) is 4.79 Å². The first-order valence-corrected chi connectivity index (χ1v) is 4.78. The zero-order valence-electron chi connectivity index (χ0n) is 7.84. The molecule has 1 N–H and O–H groups in total. The Morgan fingerprint density at radius 1 is 1.38 bits per heavy atom. The largest absolute Gasteiger partial charge is 0.480 e. The number of hydrogen-bond donors (Lipinski definition) is 1. The molecule has 0 aliphatic carbocycles. The number of H-pyrrole nitrogens is 1. The van der Waals surface area contributed by atoms with Crippen LogP contribution < -0.4 is 10.3 Å². The Morgan fingerprint density at radius 3 is 2.69 bits per heavy atom. The fraction of sp³-hybridized carbons (Fsp3) is 0.125. The van der Waals surface area contributed by atoms with Crippen LogP contribution in [0.2, 0.25) is 10.4 Å². The molecule has 0 saturated carbocycles. The highest BCUT2D eigenvalue weighted by Crippen LogP contribution is 2.26. The quantitative estimate of drug-likeness (QED) is 0.629. The van der Waals surface area contributed by atoms with E-state index in [0.717, 1.165) is 0 Å². The van der Waals surface area contributed by atoms with Gasteiger partial charge in [0.25, 0.3) is 5.56 Å². The number of aromatic nitrogens is 3. The van der Waals surface area contributed by atoms with Crippen LogP contribution in [-0.4, -0.2) is 22.1 Å². The molecule has 0 unspecified atom stereocenters. The zero-order chi connectivity index (χ0) is 11.9. The van der Waals surface area contributed by atoms with Gasteiger partial charge in [-0.2, -0.15) is 4.98 Å². The summed E-state index contributed by atoms with van der Waals surface area (Å²) in [6.07, 6.45) is 0. The minimum atomic E-state index is -0.912. The predicted molar refractivity (Wildman–Crippen MR) is 56.7 cm³/mol. The van der Waals surface area contributed by atoms with Crippen molar-refractivity contribution in [3.05, 3.63) is 26.6 Å². The van der Waals surface area contributed by atoms with E-state index in [4.69, 9.17) is 27.9 Å². The number of hydrogen-bond acceptors (Lipinski definition) is 4. The minimum Gasteiger partial charge on any atom is -0.480 e. The smallest absolute Gasteiger partial charge is 0.265 e. The van der Waals surface area contributed by atoms with E-state index < -0.39 is 16.5 Å². The SMILES string of the molecule is COc1nc(Cl)c(F)c2nc(Cl)[nH]c(=O)c12. The lowest BCUT2D eigenvalue weighted by molar-refractivity contribution is 0.401. The third-order valence-electron chi connectivity index (χ3n) is 1.89. The van der Waals surface area contributed by atoms with Crippen molar-refractivity contribution < 1.29 is 9.13 Å². The van der Waals surface area contributed by atoms with E-state index in [1.165, 1.54) is 7.11 Å². The van der Waals surface area contributed by atoms with Gasteiger partial charge in [-0.05, 0) is 11.6 Å². The molecule has 0 saturated heterocycles. The van der Waals surface area contributed by atoms with Crippen LogP contribution in [0.25, 0.3) is 10.9 Å². The van der Waals surface area contributed by atoms with Crippen LogP contribution in [0, 0.1) is 5.82 Å². The van der Waals surface area contributed by atoms with Crippen LogP contribution in [0.3, 0.4) is 0 Å². The van der Waals surface area contributed by atoms with Gasteiger partial charge in [-0.15, -0.1) is 0 Å². The summed E-state index contributed by atoms with van der Waals surface area (Å²) in [7, 11) is 1.28. The van der Waals surface area contributed by atoms with E-state index in [-0.39, 0.29) is 22.1 Å². The number of aromatic amines is 1. The monoisotopic (exact) mass is 263 g/mol. The molecule has 0 aliphatic rings. The second-order valence-electron chi connectivity index (χ2n) is 2.81. The number of rotatable bonds is 1. The molecule has 16 heavy (non-hydrogen) atoms. The molecule has 0 bridgehead atoms. The van der Waals surface area contributed by atoms with Crippen molar-refractivity contribution in [1.29, 1.82) is 0 Å². The average Bonchev–Trinajstić information content (AvgIpc) is 2.23. The molecule has 5 nitrogen and oxygen atoms in total. The third kappa shape index (κ3) is 1.60. The van der Waals surface area contributed by atoms with Crippen molar-refractivity contribution in [3.63, 3.8) is 0 Å². The highest BCUT2D eigenvalue weighted by Gasteiger charge is 2.18. The van der Waals surface area contributed by atoms with E-state index in [0.29, 0.717) is 0 Å². The number of nitrogens with one attached hydrogen (secondary N) is 1. The molecule has 0 radical (unpaired) electrons. The van der Waals surface area contributed by atoms with Crippen molar-refractivity contribution in [2.75, 3.05) is 7.11 Å². The molecule has 0 atom stereocenters. The van der Waals surface area contributed by atoms with Gasteiger partial charge in [0.15, 0.2) is 11.0 Å². The number of nitrogens with zero attached hydrogens (tertiary/aromatic N) is 2. The van der Waals surface area contributed by atoms with Crippen molar-refractivity contribution in [3.8, 4) is 5.88 Å². The van der Waals surface area contributed by atoms with Gasteiger partial charge in [0.05, 0.1) is 7.11 Å². The number of pyridine rings is 1. The summed E-state index contributed by atoms with van der Waals surface area (Å²) in [6.45, 7) is 0. The van der Waals surface area contributed by atoms with Gasteiger partial charge >= 0.3 is 0 Å². The summed E-state index contributed by atoms with van der Waals surface area (Å²) in [6, 6.07) is 0. The molecule has 0 aliphatic heterocycles. The first-order valence-electron chi connectivity index (χ1n) is 4.03. The van der Waals surface area contributed by atoms with Crippen molar-refractivity contribution in [1.82, 2.24) is 15.0 Å². The standard InChI is InChI=1S/C8H4Cl2FN3O2/c1-16-7-2-4(3(11)5(9)13-7)12-8(10)14-6(2)15/h1H3,(H,12,14,15). The normalized spacial score (nSPS) is 10.8. The first kappa shape index (κ1) is 11.1. The summed E-state index contributed by atoms with van der Waals surface area (Å²) in [5, 5.41) is -0.798. The third-order valence-corrected chi connectivity index (χ3v) is 2.32. The van der Waals surface area contributed by atoms with E-state index in [1.807, 2.05) is 0 Å². The zero-order valence-corrected chi connectivity index (χ0v) is 9.36. The number of halogens is 3. The summed E-state index contributed by atoms with van der Waals surface area (Å²) < 4.78 is 18.4. The lowest BCUT2D eigenvalue weighted by atomic mass is 10.3. The second kappa shape index (κ2) is 3.88. The van der Waals surface area contributed by atoms with Gasteiger partial charge in [-0.25, -0.2) is 9.37 Å². The van der Waals surface area contributed by atoms with E-state index >= 15 is 0 Å². The summed E-state index contributed by atoms with van der Waals surface area (Å²) in [5.74, 6) is -1.02. The lowest BCUT2D eigenvalue weighted by Gasteiger charge is -2.05. The number of fused-ring (bicyclic) bond motifs is 1. The molecule has 0 fully saturated rings. The second-order valence-corrected chi connectivity index (χ2v) is 3.52. The minimum absolute atomic E-state index is 0.105. The summed E-state index contributed by atoms with van der Waals surface area (Å²) in [4.78, 5) is 20.9. The molecule has 0 aromatic carbocycles. The number of ether oxygens (including phenoxy) is 1. The predicted octanol–water partition coefficient (Wildman–Crippen LogP) is 1.77. The Morgan fingerprint density at radius 2 is 2.06 bits per heavy atom. The first-order chi connectivity index (χ1) is 7.54. The summed E-state index contributed by atoms with van der Waals surface area (Å²) >= 11 is 11.0. The van der Waals surface area contributed by atoms with Crippen molar-refractivity contribution >= 4 is 34.1 Å². The Kier molecular flexibility index (Phi) is 2.69. The van der Waals surface area contributed by atoms with Crippen LogP contribution in [0.5, 0.6) is 5.88 Å². The van der Waals surface area contributed by atoms with Crippen molar-refractivity contribution in [2.24, 2.45) is 0 Å². The van der Waals surface area contributed by atoms with E-state index in [9.17, 15) is 9.18 Å². The fourth-order valence-electron chi connectivity index (χ4n) is 1.24. The maximum absolute atomic E-state index is 13.6. The molecule has 2 aromatic heterocycles. The Balaban J connectivity index is 3.05. The summed E-state index contributed by atoms with van der Waals surface area (Å²) in [5.41, 5.74) is -0.916. The van der Waals surface area contributed by atoms with Crippen LogP contribution >= 0.6 is 23.2 Å². The molecule has 0 spiro atoms.